The first-order valence-corrected chi connectivity index (χ1v) is 14.1. The van der Waals surface area contributed by atoms with Crippen molar-refractivity contribution in [2.24, 2.45) is 0 Å². The van der Waals surface area contributed by atoms with Crippen molar-refractivity contribution < 1.29 is 80.9 Å². The second-order valence-corrected chi connectivity index (χ2v) is 10.5. The number of halogens is 1. The summed E-state index contributed by atoms with van der Waals surface area (Å²) >= 11 is 3.23. The van der Waals surface area contributed by atoms with E-state index < -0.39 is 115 Å². The smallest absolute Gasteiger partial charge is 0.303 e. The van der Waals surface area contributed by atoms with Gasteiger partial charge in [-0.3, -0.25) is 33.6 Å². The van der Waals surface area contributed by atoms with Crippen LogP contribution in [-0.2, 0) is 80.9 Å². The van der Waals surface area contributed by atoms with Crippen molar-refractivity contribution in [3.05, 3.63) is 0 Å². The minimum Gasteiger partial charge on any atom is -0.463 e. The van der Waals surface area contributed by atoms with Gasteiger partial charge in [-0.2, -0.15) is 0 Å². The Bertz CT molecular complexity index is 1090. The van der Waals surface area contributed by atoms with Gasteiger partial charge in [0.1, 0.15) is 31.5 Å². The molecule has 2 unspecified atom stereocenters. The first kappa shape index (κ1) is 36.8. The molecular weight excluding hydrogens is 664 g/mol. The number of alkyl halides is 1. The highest BCUT2D eigenvalue weighted by molar-refractivity contribution is 9.09. The van der Waals surface area contributed by atoms with E-state index >= 15 is 0 Å². The molecule has 0 aromatic heterocycles. The van der Waals surface area contributed by atoms with Crippen molar-refractivity contribution in [1.29, 1.82) is 0 Å². The van der Waals surface area contributed by atoms with E-state index in [9.17, 15) is 33.6 Å². The molecule has 2 fully saturated rings. The Morgan fingerprint density at radius 1 is 0.477 bits per heavy atom. The Labute approximate surface area is 260 Å². The molecule has 18 heteroatoms. The van der Waals surface area contributed by atoms with E-state index in [0.29, 0.717) is 0 Å². The number of esters is 7. The predicted molar refractivity (Wildman–Crippen MR) is 142 cm³/mol. The highest BCUT2D eigenvalue weighted by atomic mass is 79.9. The SMILES string of the molecule is CC(=O)OC[C@H]1OC(Br)[C@H](OC(C)=O)[C@@H](OC(C)=O)[C@@H]1OC1O[C@H](COC(C)=O)[C@@H](OC(C)=O)[C@H](OC(C)=O)[C@H]1OC(C)=O. The molecule has 2 heterocycles. The minimum atomic E-state index is -1.73. The van der Waals surface area contributed by atoms with Gasteiger partial charge in [0, 0.05) is 48.5 Å². The maximum atomic E-state index is 12.2. The second kappa shape index (κ2) is 16.6. The first-order valence-electron chi connectivity index (χ1n) is 13.2. The normalized spacial score (nSPS) is 31.5. The summed E-state index contributed by atoms with van der Waals surface area (Å²) in [5.74, 6) is -5.63. The van der Waals surface area contributed by atoms with E-state index in [1.807, 2.05) is 0 Å². The lowest BCUT2D eigenvalue weighted by Gasteiger charge is -2.48. The average molecular weight is 699 g/mol. The van der Waals surface area contributed by atoms with E-state index in [0.717, 1.165) is 48.5 Å². The van der Waals surface area contributed by atoms with Crippen LogP contribution in [-0.4, -0.2) is 115 Å². The Hall–Kier alpha value is -3.35. The molecule has 2 aliphatic rings. The van der Waals surface area contributed by atoms with Gasteiger partial charge in [0.2, 0.25) is 0 Å². The summed E-state index contributed by atoms with van der Waals surface area (Å²) < 4.78 is 55.2. The lowest BCUT2D eigenvalue weighted by atomic mass is 9.96. The van der Waals surface area contributed by atoms with Gasteiger partial charge >= 0.3 is 41.8 Å². The lowest BCUT2D eigenvalue weighted by molar-refractivity contribution is -0.341. The van der Waals surface area contributed by atoms with Gasteiger partial charge in [-0.05, 0) is 0 Å². The Morgan fingerprint density at radius 2 is 0.841 bits per heavy atom. The summed E-state index contributed by atoms with van der Waals surface area (Å²) in [5.41, 5.74) is 0. The molecule has 248 valence electrons. The van der Waals surface area contributed by atoms with Gasteiger partial charge in [0.15, 0.2) is 41.8 Å². The van der Waals surface area contributed by atoms with Crippen LogP contribution in [0.5, 0.6) is 0 Å². The fraction of sp³-hybridized carbons (Fsp3) is 0.731. The molecule has 17 nitrogen and oxygen atoms in total. The zero-order valence-corrected chi connectivity index (χ0v) is 26.6. The van der Waals surface area contributed by atoms with E-state index in [1.54, 1.807) is 0 Å². The average Bonchev–Trinajstić information content (AvgIpc) is 2.87. The Kier molecular flexibility index (Phi) is 13.9. The molecule has 2 rings (SSSR count). The van der Waals surface area contributed by atoms with Crippen LogP contribution in [0.2, 0.25) is 0 Å². The molecule has 0 saturated carbocycles. The van der Waals surface area contributed by atoms with Gasteiger partial charge in [0.05, 0.1) is 0 Å². The molecule has 44 heavy (non-hydrogen) atoms. The molecule has 10 atom stereocenters. The van der Waals surface area contributed by atoms with Crippen molar-refractivity contribution in [2.45, 2.75) is 109 Å². The molecule has 0 bridgehead atoms. The van der Waals surface area contributed by atoms with Gasteiger partial charge in [-0.15, -0.1) is 0 Å². The molecule has 0 aromatic rings. The Morgan fingerprint density at radius 3 is 1.27 bits per heavy atom. The largest absolute Gasteiger partial charge is 0.463 e. The number of hydrogen-bond acceptors (Lipinski definition) is 17. The third-order valence-corrected chi connectivity index (χ3v) is 6.61. The summed E-state index contributed by atoms with van der Waals surface area (Å²) in [6, 6.07) is 0. The molecule has 0 aromatic carbocycles. The van der Waals surface area contributed by atoms with Crippen LogP contribution in [0.1, 0.15) is 48.5 Å². The van der Waals surface area contributed by atoms with Crippen LogP contribution < -0.4 is 0 Å². The van der Waals surface area contributed by atoms with Crippen LogP contribution in [0, 0.1) is 0 Å². The number of hydrogen-bond donors (Lipinski definition) is 0. The van der Waals surface area contributed by atoms with Crippen molar-refractivity contribution in [3.8, 4) is 0 Å². The van der Waals surface area contributed by atoms with Crippen LogP contribution in [0.25, 0.3) is 0 Å². The molecule has 2 aliphatic heterocycles. The van der Waals surface area contributed by atoms with Gasteiger partial charge < -0.3 is 47.4 Å². The van der Waals surface area contributed by atoms with Crippen LogP contribution in [0.15, 0.2) is 0 Å². The van der Waals surface area contributed by atoms with Crippen LogP contribution >= 0.6 is 15.9 Å². The highest BCUT2D eigenvalue weighted by Crippen LogP contribution is 2.36. The third-order valence-electron chi connectivity index (χ3n) is 5.87. The first-order chi connectivity index (χ1) is 20.5. The highest BCUT2D eigenvalue weighted by Gasteiger charge is 2.57. The molecule has 0 N–H and O–H groups in total. The van der Waals surface area contributed by atoms with E-state index in [-0.39, 0.29) is 0 Å². The molecule has 0 spiro atoms. The summed E-state index contributed by atoms with van der Waals surface area (Å²) in [6.45, 7) is 6.57. The lowest BCUT2D eigenvalue weighted by Crippen LogP contribution is -2.66. The van der Waals surface area contributed by atoms with Crippen LogP contribution in [0.3, 0.4) is 0 Å². The summed E-state index contributed by atoms with van der Waals surface area (Å²) in [6.07, 6.45) is -13.2. The Balaban J connectivity index is 2.66. The maximum Gasteiger partial charge on any atom is 0.303 e. The van der Waals surface area contributed by atoms with E-state index in [1.165, 1.54) is 0 Å². The maximum absolute atomic E-state index is 12.2. The van der Waals surface area contributed by atoms with Crippen LogP contribution in [0.4, 0.5) is 0 Å². The second-order valence-electron chi connectivity index (χ2n) is 9.64. The predicted octanol–water partition coefficient (Wildman–Crippen LogP) is 0.00100. The topological polar surface area (TPSA) is 212 Å². The number of carbonyl (C=O) groups is 7. The van der Waals surface area contributed by atoms with Crippen molar-refractivity contribution >= 4 is 57.7 Å². The number of rotatable bonds is 11. The molecular formula is C26H35BrO17. The zero-order chi connectivity index (χ0) is 33.3. The fourth-order valence-corrected chi connectivity index (χ4v) is 5.15. The van der Waals surface area contributed by atoms with Gasteiger partial charge in [0.25, 0.3) is 0 Å². The van der Waals surface area contributed by atoms with Crippen molar-refractivity contribution in [3.63, 3.8) is 0 Å². The fourth-order valence-electron chi connectivity index (χ4n) is 4.46. The quantitative estimate of drug-likeness (QED) is 0.158. The van der Waals surface area contributed by atoms with Crippen molar-refractivity contribution in [1.82, 2.24) is 0 Å². The zero-order valence-electron chi connectivity index (χ0n) is 25.0. The molecule has 0 radical (unpaired) electrons. The number of carbonyl (C=O) groups excluding carboxylic acids is 7. The third kappa shape index (κ3) is 11.0. The molecule has 2 saturated heterocycles. The standard InChI is InChI=1S/C26H35BrO17/c1-10(28)35-8-17-20(21(38-13(4)31)23(25(27)42-17)40-15(6)33)44-26-24(41-16(7)34)22(39-14(5)32)19(37-12(3)30)18(43-26)9-36-11(2)29/h17-26H,8-9H2,1-7H3/t17-,18-,19-,20-,21+,22+,23-,24-,25?,26?/m1/s1. The summed E-state index contributed by atoms with van der Waals surface area (Å²) in [4.78, 5) is 83.8. The van der Waals surface area contributed by atoms with Gasteiger partial charge in [-0.25, -0.2) is 0 Å². The minimum absolute atomic E-state index is 0.460. The van der Waals surface area contributed by atoms with Gasteiger partial charge in [-0.1, -0.05) is 15.9 Å². The monoisotopic (exact) mass is 698 g/mol. The summed E-state index contributed by atoms with van der Waals surface area (Å²) in [7, 11) is 0. The molecule has 0 aliphatic carbocycles. The van der Waals surface area contributed by atoms with Crippen molar-refractivity contribution in [2.75, 3.05) is 13.2 Å². The van der Waals surface area contributed by atoms with E-state index in [4.69, 9.17) is 47.4 Å². The van der Waals surface area contributed by atoms with E-state index in [2.05, 4.69) is 15.9 Å². The molecule has 0 amide bonds. The number of ether oxygens (including phenoxy) is 10. The summed E-state index contributed by atoms with van der Waals surface area (Å²) in [5, 5.41) is -1.09.